The molecule has 2 nitrogen and oxygen atoms in total. The number of rotatable bonds is 7. The molecule has 0 unspecified atom stereocenters. The Bertz CT molecular complexity index is 432. The number of hydrogen-bond donors (Lipinski definition) is 0. The molecule has 102 valence electrons. The molecule has 0 radical (unpaired) electrons. The van der Waals surface area contributed by atoms with Crippen LogP contribution >= 0.6 is 0 Å². The fourth-order valence-corrected chi connectivity index (χ4v) is 1.86. The Hall–Kier alpha value is -1.83. The Morgan fingerprint density at radius 3 is 2.63 bits per heavy atom. The molecule has 0 aliphatic carbocycles. The summed E-state index contributed by atoms with van der Waals surface area (Å²) < 4.78 is 5.41. The predicted octanol–water partition coefficient (Wildman–Crippen LogP) is 4.38. The topological polar surface area (TPSA) is 26.3 Å². The van der Waals surface area contributed by atoms with Crippen molar-refractivity contribution >= 4 is 12.0 Å². The second kappa shape index (κ2) is 8.30. The highest BCUT2D eigenvalue weighted by molar-refractivity contribution is 5.81. The van der Waals surface area contributed by atoms with Crippen LogP contribution in [0.3, 0.4) is 0 Å². The molecular weight excluding hydrogens is 236 g/mol. The maximum absolute atomic E-state index is 11.4. The summed E-state index contributed by atoms with van der Waals surface area (Å²) in [5.74, 6) is -0.359. The van der Waals surface area contributed by atoms with Crippen LogP contribution in [0.5, 0.6) is 0 Å². The van der Waals surface area contributed by atoms with Gasteiger partial charge in [0, 0.05) is 6.08 Å². The Kier molecular flexibility index (Phi) is 6.65. The number of unbranched alkanes of at least 4 members (excludes halogenated alkanes) is 1. The Balaban J connectivity index is 2.80. The van der Waals surface area contributed by atoms with Crippen LogP contribution in [0.25, 0.3) is 6.08 Å². The third-order valence-corrected chi connectivity index (χ3v) is 2.95. The van der Waals surface area contributed by atoms with Gasteiger partial charge in [-0.2, -0.15) is 0 Å². The van der Waals surface area contributed by atoms with Crippen LogP contribution in [0.2, 0.25) is 0 Å². The monoisotopic (exact) mass is 258 g/mol. The molecule has 0 spiro atoms. The molecule has 0 N–H and O–H groups in total. The molecule has 0 saturated heterocycles. The van der Waals surface area contributed by atoms with Crippen LogP contribution in [0.4, 0.5) is 0 Å². The van der Waals surface area contributed by atoms with Gasteiger partial charge in [-0.1, -0.05) is 56.3 Å². The van der Waals surface area contributed by atoms with Crippen molar-refractivity contribution in [3.05, 3.63) is 54.1 Å². The Morgan fingerprint density at radius 1 is 1.37 bits per heavy atom. The summed E-state index contributed by atoms with van der Waals surface area (Å²) in [5, 5.41) is 0. The SMILES string of the molecule is C=CC(=O)O[C@@H](CCCC)/C(C)=C/c1ccccc1. The van der Waals surface area contributed by atoms with E-state index in [1.165, 1.54) is 6.08 Å². The normalized spacial score (nSPS) is 12.8. The maximum Gasteiger partial charge on any atom is 0.330 e. The molecule has 1 atom stereocenters. The third kappa shape index (κ3) is 5.56. The van der Waals surface area contributed by atoms with E-state index in [0.717, 1.165) is 30.4 Å². The van der Waals surface area contributed by atoms with Gasteiger partial charge in [-0.05, 0) is 30.9 Å². The number of carbonyl (C=O) groups is 1. The molecule has 0 fully saturated rings. The fourth-order valence-electron chi connectivity index (χ4n) is 1.86. The molecule has 0 aliphatic rings. The second-order valence-corrected chi connectivity index (χ2v) is 4.57. The minimum Gasteiger partial charge on any atom is -0.455 e. The van der Waals surface area contributed by atoms with E-state index in [1.807, 2.05) is 37.3 Å². The number of benzene rings is 1. The van der Waals surface area contributed by atoms with Crippen molar-refractivity contribution in [2.45, 2.75) is 39.2 Å². The number of hydrogen-bond acceptors (Lipinski definition) is 2. The molecule has 1 rings (SSSR count). The zero-order valence-corrected chi connectivity index (χ0v) is 11.8. The van der Waals surface area contributed by atoms with Gasteiger partial charge in [0.25, 0.3) is 0 Å². The summed E-state index contributed by atoms with van der Waals surface area (Å²) in [6.07, 6.45) is 6.10. The Labute approximate surface area is 115 Å². The van der Waals surface area contributed by atoms with Crippen molar-refractivity contribution in [2.24, 2.45) is 0 Å². The van der Waals surface area contributed by atoms with Crippen molar-refractivity contribution in [1.29, 1.82) is 0 Å². The summed E-state index contributed by atoms with van der Waals surface area (Å²) in [7, 11) is 0. The number of esters is 1. The van der Waals surface area contributed by atoms with Crippen LogP contribution in [0.15, 0.2) is 48.6 Å². The van der Waals surface area contributed by atoms with Gasteiger partial charge in [0.15, 0.2) is 0 Å². The third-order valence-electron chi connectivity index (χ3n) is 2.95. The van der Waals surface area contributed by atoms with Crippen molar-refractivity contribution in [1.82, 2.24) is 0 Å². The molecule has 0 amide bonds. The van der Waals surface area contributed by atoms with Crippen molar-refractivity contribution in [3.8, 4) is 0 Å². The van der Waals surface area contributed by atoms with Gasteiger partial charge < -0.3 is 4.74 Å². The van der Waals surface area contributed by atoms with Crippen LogP contribution < -0.4 is 0 Å². The summed E-state index contributed by atoms with van der Waals surface area (Å²) in [4.78, 5) is 11.4. The first kappa shape index (κ1) is 15.2. The van der Waals surface area contributed by atoms with E-state index in [-0.39, 0.29) is 12.1 Å². The molecule has 0 heterocycles. The summed E-state index contributed by atoms with van der Waals surface area (Å²) in [6, 6.07) is 10.1. The standard InChI is InChI=1S/C17H22O2/c1-4-6-12-16(19-17(18)5-2)14(3)13-15-10-8-7-9-11-15/h5,7-11,13,16H,2,4,6,12H2,1,3H3/b14-13+/t16-/m0/s1. The highest BCUT2D eigenvalue weighted by atomic mass is 16.5. The van der Waals surface area contributed by atoms with Gasteiger partial charge in [-0.3, -0.25) is 0 Å². The van der Waals surface area contributed by atoms with Gasteiger partial charge in [0.1, 0.15) is 6.10 Å². The zero-order valence-electron chi connectivity index (χ0n) is 11.8. The van der Waals surface area contributed by atoms with E-state index in [2.05, 4.69) is 19.6 Å². The van der Waals surface area contributed by atoms with Gasteiger partial charge >= 0.3 is 5.97 Å². The molecule has 1 aromatic carbocycles. The average Bonchev–Trinajstić information content (AvgIpc) is 2.44. The maximum atomic E-state index is 11.4. The van der Waals surface area contributed by atoms with E-state index in [0.29, 0.717) is 0 Å². The summed E-state index contributed by atoms with van der Waals surface area (Å²) in [6.45, 7) is 7.57. The average molecular weight is 258 g/mol. The lowest BCUT2D eigenvalue weighted by Gasteiger charge is -2.17. The lowest BCUT2D eigenvalue weighted by Crippen LogP contribution is -2.18. The molecule has 1 aromatic rings. The quantitative estimate of drug-likeness (QED) is 0.536. The summed E-state index contributed by atoms with van der Waals surface area (Å²) >= 11 is 0. The van der Waals surface area contributed by atoms with Crippen molar-refractivity contribution in [3.63, 3.8) is 0 Å². The highest BCUT2D eigenvalue weighted by Gasteiger charge is 2.14. The van der Waals surface area contributed by atoms with E-state index in [4.69, 9.17) is 4.74 Å². The fraction of sp³-hybridized carbons (Fsp3) is 0.353. The van der Waals surface area contributed by atoms with Crippen LogP contribution in [0, 0.1) is 0 Å². The van der Waals surface area contributed by atoms with E-state index in [1.54, 1.807) is 0 Å². The molecule has 0 aliphatic heterocycles. The second-order valence-electron chi connectivity index (χ2n) is 4.57. The van der Waals surface area contributed by atoms with Gasteiger partial charge in [0.2, 0.25) is 0 Å². The van der Waals surface area contributed by atoms with Gasteiger partial charge in [0.05, 0.1) is 0 Å². The lowest BCUT2D eigenvalue weighted by atomic mass is 10.0. The first-order chi connectivity index (χ1) is 9.17. The van der Waals surface area contributed by atoms with E-state index in [9.17, 15) is 4.79 Å². The van der Waals surface area contributed by atoms with Crippen molar-refractivity contribution < 1.29 is 9.53 Å². The van der Waals surface area contributed by atoms with Gasteiger partial charge in [-0.25, -0.2) is 4.79 Å². The molecule has 19 heavy (non-hydrogen) atoms. The van der Waals surface area contributed by atoms with E-state index < -0.39 is 0 Å². The van der Waals surface area contributed by atoms with Crippen LogP contribution in [-0.4, -0.2) is 12.1 Å². The van der Waals surface area contributed by atoms with Crippen molar-refractivity contribution in [2.75, 3.05) is 0 Å². The minimum absolute atomic E-state index is 0.161. The largest absolute Gasteiger partial charge is 0.455 e. The van der Waals surface area contributed by atoms with Crippen LogP contribution in [-0.2, 0) is 9.53 Å². The highest BCUT2D eigenvalue weighted by Crippen LogP contribution is 2.17. The van der Waals surface area contributed by atoms with E-state index >= 15 is 0 Å². The smallest absolute Gasteiger partial charge is 0.330 e. The molecule has 2 heteroatoms. The van der Waals surface area contributed by atoms with Gasteiger partial charge in [-0.15, -0.1) is 0 Å². The number of carbonyl (C=O) groups excluding carboxylic acids is 1. The first-order valence-electron chi connectivity index (χ1n) is 6.73. The number of ether oxygens (including phenoxy) is 1. The predicted molar refractivity (Wildman–Crippen MR) is 79.7 cm³/mol. The Morgan fingerprint density at radius 2 is 2.05 bits per heavy atom. The zero-order chi connectivity index (χ0) is 14.1. The molecular formula is C17H22O2. The molecule has 0 aromatic heterocycles. The minimum atomic E-state index is -0.359. The first-order valence-corrected chi connectivity index (χ1v) is 6.73. The summed E-state index contributed by atoms with van der Waals surface area (Å²) in [5.41, 5.74) is 2.19. The lowest BCUT2D eigenvalue weighted by molar-refractivity contribution is -0.141. The van der Waals surface area contributed by atoms with Crippen LogP contribution in [0.1, 0.15) is 38.7 Å². The molecule has 0 bridgehead atoms. The molecule has 0 saturated carbocycles.